The molecule has 1 rings (SSSR count). The molecule has 0 aromatic carbocycles. The summed E-state index contributed by atoms with van der Waals surface area (Å²) in [6.07, 6.45) is 0.753. The van der Waals surface area contributed by atoms with E-state index >= 15 is 0 Å². The Morgan fingerprint density at radius 2 is 2.20 bits per heavy atom. The second kappa shape index (κ2) is 5.70. The number of hydrogen-bond acceptors (Lipinski definition) is 5. The molecule has 1 heterocycles. The molecule has 1 unspecified atom stereocenters. The Hall–Kier alpha value is -1.10. The fourth-order valence-electron chi connectivity index (χ4n) is 1.18. The van der Waals surface area contributed by atoms with E-state index in [1.165, 1.54) is 0 Å². The summed E-state index contributed by atoms with van der Waals surface area (Å²) in [5, 5.41) is 6.93. The van der Waals surface area contributed by atoms with Gasteiger partial charge in [0.25, 0.3) is 0 Å². The molecule has 1 aromatic heterocycles. The van der Waals surface area contributed by atoms with Crippen molar-refractivity contribution in [3.05, 3.63) is 5.82 Å². The first kappa shape index (κ1) is 12.0. The second-order valence-electron chi connectivity index (χ2n) is 3.87. The summed E-state index contributed by atoms with van der Waals surface area (Å²) in [4.78, 5) is 4.21. The lowest BCUT2D eigenvalue weighted by atomic mass is 10.2. The van der Waals surface area contributed by atoms with Crippen LogP contribution in [-0.2, 0) is 4.74 Å². The van der Waals surface area contributed by atoms with Crippen molar-refractivity contribution in [1.29, 1.82) is 0 Å². The number of aromatic nitrogens is 2. The number of nitrogens with one attached hydrogen (secondary N) is 1. The van der Waals surface area contributed by atoms with Crippen LogP contribution in [0.2, 0.25) is 0 Å². The van der Waals surface area contributed by atoms with E-state index in [9.17, 15) is 0 Å². The lowest BCUT2D eigenvalue weighted by Gasteiger charge is -2.06. The summed E-state index contributed by atoms with van der Waals surface area (Å²) in [6.45, 7) is 7.08. The van der Waals surface area contributed by atoms with Crippen LogP contribution in [-0.4, -0.2) is 23.8 Å². The Kier molecular flexibility index (Phi) is 4.55. The van der Waals surface area contributed by atoms with Gasteiger partial charge in [-0.1, -0.05) is 25.9 Å². The van der Waals surface area contributed by atoms with Crippen molar-refractivity contribution >= 4 is 6.01 Å². The minimum absolute atomic E-state index is 0.0802. The average Bonchev–Trinajstić information content (AvgIpc) is 2.65. The molecule has 0 radical (unpaired) electrons. The topological polar surface area (TPSA) is 60.2 Å². The molecular weight excluding hydrogens is 194 g/mol. The largest absolute Gasteiger partial charge is 0.373 e. The van der Waals surface area contributed by atoms with Crippen LogP contribution >= 0.6 is 0 Å². The third-order valence-electron chi connectivity index (χ3n) is 2.05. The third kappa shape index (κ3) is 3.51. The van der Waals surface area contributed by atoms with Crippen LogP contribution in [0.25, 0.3) is 0 Å². The van der Waals surface area contributed by atoms with E-state index in [-0.39, 0.29) is 6.10 Å². The van der Waals surface area contributed by atoms with Gasteiger partial charge in [-0.2, -0.15) is 4.98 Å². The van der Waals surface area contributed by atoms with Gasteiger partial charge in [-0.25, -0.2) is 0 Å². The van der Waals surface area contributed by atoms with Crippen molar-refractivity contribution in [1.82, 2.24) is 10.1 Å². The molecule has 86 valence electrons. The van der Waals surface area contributed by atoms with Crippen LogP contribution in [0, 0.1) is 5.92 Å². The van der Waals surface area contributed by atoms with E-state index in [1.807, 2.05) is 6.92 Å². The zero-order valence-corrected chi connectivity index (χ0v) is 9.78. The van der Waals surface area contributed by atoms with Crippen LogP contribution < -0.4 is 5.32 Å². The maximum Gasteiger partial charge on any atom is 0.321 e. The van der Waals surface area contributed by atoms with E-state index < -0.39 is 0 Å². The third-order valence-corrected chi connectivity index (χ3v) is 2.05. The van der Waals surface area contributed by atoms with Gasteiger partial charge in [0, 0.05) is 13.7 Å². The molecule has 15 heavy (non-hydrogen) atoms. The summed E-state index contributed by atoms with van der Waals surface area (Å²) >= 11 is 0. The van der Waals surface area contributed by atoms with Gasteiger partial charge in [0.15, 0.2) is 0 Å². The van der Waals surface area contributed by atoms with E-state index in [0.29, 0.717) is 17.8 Å². The molecule has 5 nitrogen and oxygen atoms in total. The average molecular weight is 213 g/mol. The molecule has 0 amide bonds. The van der Waals surface area contributed by atoms with E-state index in [1.54, 1.807) is 7.11 Å². The van der Waals surface area contributed by atoms with Crippen LogP contribution in [0.1, 0.15) is 39.1 Å². The highest BCUT2D eigenvalue weighted by Gasteiger charge is 2.15. The number of rotatable bonds is 6. The van der Waals surface area contributed by atoms with Crippen LogP contribution in [0.15, 0.2) is 4.52 Å². The Morgan fingerprint density at radius 1 is 1.47 bits per heavy atom. The Labute approximate surface area is 90.2 Å². The molecule has 5 heteroatoms. The number of anilines is 1. The Balaban J connectivity index is 2.55. The summed E-state index contributed by atoms with van der Waals surface area (Å²) in [6, 6.07) is 0.467. The molecule has 0 aliphatic rings. The van der Waals surface area contributed by atoms with Crippen molar-refractivity contribution in [2.45, 2.75) is 33.3 Å². The number of hydrogen-bond donors (Lipinski definition) is 1. The smallest absolute Gasteiger partial charge is 0.321 e. The van der Waals surface area contributed by atoms with Gasteiger partial charge in [-0.05, 0) is 12.3 Å². The van der Waals surface area contributed by atoms with Crippen molar-refractivity contribution < 1.29 is 9.26 Å². The standard InChI is InChI=1S/C10H19N3O2/c1-5-8(14-4)9-12-10(15-13-9)11-6-7(2)3/h7-8H,5-6H2,1-4H3,(H,11,12,13). The predicted molar refractivity (Wildman–Crippen MR) is 57.7 cm³/mol. The Bertz CT molecular complexity index is 282. The maximum absolute atomic E-state index is 5.21. The lowest BCUT2D eigenvalue weighted by Crippen LogP contribution is -2.08. The molecule has 1 atom stereocenters. The lowest BCUT2D eigenvalue weighted by molar-refractivity contribution is 0.0903. The Morgan fingerprint density at radius 3 is 2.73 bits per heavy atom. The highest BCUT2D eigenvalue weighted by molar-refractivity contribution is 5.18. The molecule has 0 aliphatic carbocycles. The van der Waals surface area contributed by atoms with Crippen molar-refractivity contribution in [2.75, 3.05) is 19.0 Å². The monoisotopic (exact) mass is 213 g/mol. The van der Waals surface area contributed by atoms with Crippen molar-refractivity contribution in [3.63, 3.8) is 0 Å². The zero-order valence-electron chi connectivity index (χ0n) is 9.78. The van der Waals surface area contributed by atoms with E-state index in [2.05, 4.69) is 29.3 Å². The number of ether oxygens (including phenoxy) is 1. The normalized spacial score (nSPS) is 13.1. The van der Waals surface area contributed by atoms with Crippen LogP contribution in [0.3, 0.4) is 0 Å². The van der Waals surface area contributed by atoms with Gasteiger partial charge in [-0.3, -0.25) is 0 Å². The molecule has 0 fully saturated rings. The van der Waals surface area contributed by atoms with E-state index in [4.69, 9.17) is 9.26 Å². The van der Waals surface area contributed by atoms with Gasteiger partial charge in [0.2, 0.25) is 5.82 Å². The van der Waals surface area contributed by atoms with Gasteiger partial charge < -0.3 is 14.6 Å². The van der Waals surface area contributed by atoms with E-state index in [0.717, 1.165) is 13.0 Å². The van der Waals surface area contributed by atoms with Gasteiger partial charge in [0.05, 0.1) is 0 Å². The minimum Gasteiger partial charge on any atom is -0.373 e. The molecule has 0 bridgehead atoms. The van der Waals surface area contributed by atoms with Crippen molar-refractivity contribution in [3.8, 4) is 0 Å². The molecule has 1 aromatic rings. The first-order valence-corrected chi connectivity index (χ1v) is 5.27. The van der Waals surface area contributed by atoms with Crippen LogP contribution in [0.4, 0.5) is 6.01 Å². The minimum atomic E-state index is -0.0802. The first-order chi connectivity index (χ1) is 7.17. The number of nitrogens with zero attached hydrogens (tertiary/aromatic N) is 2. The molecule has 0 aliphatic heterocycles. The summed E-state index contributed by atoms with van der Waals surface area (Å²) in [7, 11) is 1.64. The zero-order chi connectivity index (χ0) is 11.3. The first-order valence-electron chi connectivity index (χ1n) is 5.27. The fourth-order valence-corrected chi connectivity index (χ4v) is 1.18. The molecule has 1 N–H and O–H groups in total. The fraction of sp³-hybridized carbons (Fsp3) is 0.800. The highest BCUT2D eigenvalue weighted by Crippen LogP contribution is 2.18. The second-order valence-corrected chi connectivity index (χ2v) is 3.87. The van der Waals surface area contributed by atoms with Crippen LogP contribution in [0.5, 0.6) is 0 Å². The molecule has 0 saturated carbocycles. The quantitative estimate of drug-likeness (QED) is 0.785. The van der Waals surface area contributed by atoms with Gasteiger partial charge in [0.1, 0.15) is 6.10 Å². The van der Waals surface area contributed by atoms with Gasteiger partial charge >= 0.3 is 6.01 Å². The van der Waals surface area contributed by atoms with Gasteiger partial charge in [-0.15, -0.1) is 0 Å². The summed E-state index contributed by atoms with van der Waals surface area (Å²) in [5.41, 5.74) is 0. The molecule has 0 spiro atoms. The molecule has 0 saturated heterocycles. The summed E-state index contributed by atoms with van der Waals surface area (Å²) < 4.78 is 10.3. The predicted octanol–water partition coefficient (Wildman–Crippen LogP) is 2.24. The SMILES string of the molecule is CCC(OC)c1noc(NCC(C)C)n1. The van der Waals surface area contributed by atoms with Crippen molar-refractivity contribution in [2.24, 2.45) is 5.92 Å². The maximum atomic E-state index is 5.21. The summed E-state index contributed by atoms with van der Waals surface area (Å²) in [5.74, 6) is 1.15. The number of methoxy groups -OCH3 is 1. The highest BCUT2D eigenvalue weighted by atomic mass is 16.5. The molecular formula is C10H19N3O2.